The molecule has 2 aromatic heterocycles. The van der Waals surface area contributed by atoms with E-state index in [1.807, 2.05) is 0 Å². The molecule has 2 aromatic rings. The van der Waals surface area contributed by atoms with Crippen LogP contribution in [0.5, 0.6) is 0 Å². The standard InChI is InChI=1S/C12H11FN4O/c1-14-10-4-2-8(6-15-10)12(18)17-11-5-3-9(13)7-16-11/h2-7H,1H3,(H,14,15)(H,16,17,18). The molecule has 0 unspecified atom stereocenters. The quantitative estimate of drug-likeness (QED) is 0.868. The van der Waals surface area contributed by atoms with E-state index >= 15 is 0 Å². The Labute approximate surface area is 103 Å². The van der Waals surface area contributed by atoms with Crippen molar-refractivity contribution < 1.29 is 9.18 Å². The van der Waals surface area contributed by atoms with Gasteiger partial charge in [0.25, 0.3) is 5.91 Å². The number of hydrogen-bond acceptors (Lipinski definition) is 4. The van der Waals surface area contributed by atoms with Gasteiger partial charge in [0.15, 0.2) is 0 Å². The molecule has 0 fully saturated rings. The van der Waals surface area contributed by atoms with Crippen LogP contribution in [0.15, 0.2) is 36.7 Å². The summed E-state index contributed by atoms with van der Waals surface area (Å²) in [5.41, 5.74) is 0.403. The van der Waals surface area contributed by atoms with Crippen molar-refractivity contribution >= 4 is 17.5 Å². The molecule has 0 saturated carbocycles. The molecular formula is C12H11FN4O. The number of halogens is 1. The van der Waals surface area contributed by atoms with Gasteiger partial charge in [-0.1, -0.05) is 0 Å². The summed E-state index contributed by atoms with van der Waals surface area (Å²) in [5.74, 6) is 0.169. The monoisotopic (exact) mass is 246 g/mol. The highest BCUT2D eigenvalue weighted by Crippen LogP contribution is 2.08. The van der Waals surface area contributed by atoms with E-state index in [1.165, 1.54) is 18.3 Å². The fraction of sp³-hybridized carbons (Fsp3) is 0.0833. The molecule has 2 heterocycles. The van der Waals surface area contributed by atoms with Crippen molar-refractivity contribution in [1.29, 1.82) is 0 Å². The van der Waals surface area contributed by atoms with Crippen molar-refractivity contribution in [2.24, 2.45) is 0 Å². The van der Waals surface area contributed by atoms with Crippen molar-refractivity contribution in [3.05, 3.63) is 48.0 Å². The van der Waals surface area contributed by atoms with Gasteiger partial charge < -0.3 is 10.6 Å². The summed E-state index contributed by atoms with van der Waals surface area (Å²) in [4.78, 5) is 19.6. The molecule has 0 atom stereocenters. The van der Waals surface area contributed by atoms with Crippen molar-refractivity contribution in [3.63, 3.8) is 0 Å². The second kappa shape index (κ2) is 5.22. The third-order valence-corrected chi connectivity index (χ3v) is 2.25. The molecule has 1 amide bonds. The average Bonchev–Trinajstić information content (AvgIpc) is 2.41. The van der Waals surface area contributed by atoms with Crippen LogP contribution >= 0.6 is 0 Å². The Balaban J connectivity index is 2.09. The molecule has 0 aliphatic carbocycles. The predicted octanol–water partition coefficient (Wildman–Crippen LogP) is 1.91. The zero-order chi connectivity index (χ0) is 13.0. The van der Waals surface area contributed by atoms with E-state index in [0.717, 1.165) is 6.20 Å². The minimum absolute atomic E-state index is 0.291. The molecule has 92 valence electrons. The Morgan fingerprint density at radius 3 is 2.39 bits per heavy atom. The van der Waals surface area contributed by atoms with Gasteiger partial charge in [-0.2, -0.15) is 0 Å². The Hall–Kier alpha value is -2.50. The van der Waals surface area contributed by atoms with Gasteiger partial charge in [-0.25, -0.2) is 14.4 Å². The summed E-state index contributed by atoms with van der Waals surface area (Å²) in [6, 6.07) is 5.94. The van der Waals surface area contributed by atoms with Crippen molar-refractivity contribution in [1.82, 2.24) is 9.97 Å². The summed E-state index contributed by atoms with van der Waals surface area (Å²) in [6.45, 7) is 0. The van der Waals surface area contributed by atoms with Crippen LogP contribution in [0.3, 0.4) is 0 Å². The van der Waals surface area contributed by atoms with E-state index in [1.54, 1.807) is 19.2 Å². The number of carbonyl (C=O) groups excluding carboxylic acids is 1. The SMILES string of the molecule is CNc1ccc(C(=O)Nc2ccc(F)cn2)cn1. The molecule has 2 rings (SSSR count). The van der Waals surface area contributed by atoms with Gasteiger partial charge in [0.1, 0.15) is 17.5 Å². The van der Waals surface area contributed by atoms with Gasteiger partial charge in [-0.15, -0.1) is 0 Å². The fourth-order valence-corrected chi connectivity index (χ4v) is 1.31. The molecule has 0 bridgehead atoms. The highest BCUT2D eigenvalue weighted by atomic mass is 19.1. The number of aromatic nitrogens is 2. The molecule has 0 aromatic carbocycles. The first-order chi connectivity index (χ1) is 8.69. The summed E-state index contributed by atoms with van der Waals surface area (Å²) >= 11 is 0. The average molecular weight is 246 g/mol. The first-order valence-electron chi connectivity index (χ1n) is 5.26. The zero-order valence-electron chi connectivity index (χ0n) is 9.64. The van der Waals surface area contributed by atoms with Crippen LogP contribution in [0, 0.1) is 5.82 Å². The second-order valence-corrected chi connectivity index (χ2v) is 3.50. The van der Waals surface area contributed by atoms with Crippen molar-refractivity contribution in [3.8, 4) is 0 Å². The second-order valence-electron chi connectivity index (χ2n) is 3.50. The molecular weight excluding hydrogens is 235 g/mol. The third kappa shape index (κ3) is 2.79. The maximum Gasteiger partial charge on any atom is 0.258 e. The van der Waals surface area contributed by atoms with E-state index in [2.05, 4.69) is 20.6 Å². The first kappa shape index (κ1) is 12.0. The van der Waals surface area contributed by atoms with E-state index in [9.17, 15) is 9.18 Å². The van der Waals surface area contributed by atoms with Gasteiger partial charge in [0.2, 0.25) is 0 Å². The maximum absolute atomic E-state index is 12.6. The largest absolute Gasteiger partial charge is 0.373 e. The van der Waals surface area contributed by atoms with E-state index in [4.69, 9.17) is 0 Å². The van der Waals surface area contributed by atoms with Gasteiger partial charge in [-0.3, -0.25) is 4.79 Å². The summed E-state index contributed by atoms with van der Waals surface area (Å²) in [5, 5.41) is 5.40. The van der Waals surface area contributed by atoms with Gasteiger partial charge >= 0.3 is 0 Å². The molecule has 6 heteroatoms. The predicted molar refractivity (Wildman–Crippen MR) is 65.9 cm³/mol. The Kier molecular flexibility index (Phi) is 3.47. The van der Waals surface area contributed by atoms with Crippen LogP contribution in [-0.4, -0.2) is 22.9 Å². The zero-order valence-corrected chi connectivity index (χ0v) is 9.64. The molecule has 18 heavy (non-hydrogen) atoms. The van der Waals surface area contributed by atoms with Crippen LogP contribution in [0.2, 0.25) is 0 Å². The van der Waals surface area contributed by atoms with Crippen molar-refractivity contribution in [2.45, 2.75) is 0 Å². The lowest BCUT2D eigenvalue weighted by atomic mass is 10.2. The van der Waals surface area contributed by atoms with Crippen LogP contribution in [0.1, 0.15) is 10.4 Å². The normalized spacial score (nSPS) is 9.89. The van der Waals surface area contributed by atoms with Crippen LogP contribution < -0.4 is 10.6 Å². The number of rotatable bonds is 3. The fourth-order valence-electron chi connectivity index (χ4n) is 1.31. The highest BCUT2D eigenvalue weighted by molar-refractivity contribution is 6.03. The third-order valence-electron chi connectivity index (χ3n) is 2.25. The Bertz CT molecular complexity index is 539. The topological polar surface area (TPSA) is 66.9 Å². The highest BCUT2D eigenvalue weighted by Gasteiger charge is 2.07. The molecule has 0 spiro atoms. The number of nitrogens with one attached hydrogen (secondary N) is 2. The molecule has 0 aliphatic heterocycles. The molecule has 5 nitrogen and oxygen atoms in total. The summed E-state index contributed by atoms with van der Waals surface area (Å²) < 4.78 is 12.6. The Morgan fingerprint density at radius 2 is 1.83 bits per heavy atom. The van der Waals surface area contributed by atoms with Crippen LogP contribution in [0.25, 0.3) is 0 Å². The number of carbonyl (C=O) groups is 1. The minimum atomic E-state index is -0.451. The van der Waals surface area contributed by atoms with Crippen LogP contribution in [0.4, 0.5) is 16.0 Å². The van der Waals surface area contributed by atoms with Gasteiger partial charge in [-0.05, 0) is 24.3 Å². The van der Waals surface area contributed by atoms with E-state index in [-0.39, 0.29) is 5.91 Å². The maximum atomic E-state index is 12.6. The molecule has 0 saturated heterocycles. The Morgan fingerprint density at radius 1 is 1.11 bits per heavy atom. The lowest BCUT2D eigenvalue weighted by molar-refractivity contribution is 0.102. The minimum Gasteiger partial charge on any atom is -0.373 e. The molecule has 0 radical (unpaired) electrons. The lowest BCUT2D eigenvalue weighted by Gasteiger charge is -2.04. The molecule has 2 N–H and O–H groups in total. The lowest BCUT2D eigenvalue weighted by Crippen LogP contribution is -2.13. The number of amides is 1. The number of anilines is 2. The van der Waals surface area contributed by atoms with E-state index in [0.29, 0.717) is 17.2 Å². The summed E-state index contributed by atoms with van der Waals surface area (Å²) in [6.07, 6.45) is 2.49. The molecule has 0 aliphatic rings. The summed E-state index contributed by atoms with van der Waals surface area (Å²) in [7, 11) is 1.74. The first-order valence-corrected chi connectivity index (χ1v) is 5.26. The smallest absolute Gasteiger partial charge is 0.258 e. The van der Waals surface area contributed by atoms with Crippen molar-refractivity contribution in [2.75, 3.05) is 17.7 Å². The van der Waals surface area contributed by atoms with Gasteiger partial charge in [0, 0.05) is 13.2 Å². The number of nitrogens with zero attached hydrogens (tertiary/aromatic N) is 2. The number of hydrogen-bond donors (Lipinski definition) is 2. The number of pyridine rings is 2. The van der Waals surface area contributed by atoms with Gasteiger partial charge in [0.05, 0.1) is 11.8 Å². The van der Waals surface area contributed by atoms with E-state index < -0.39 is 5.82 Å². The van der Waals surface area contributed by atoms with Crippen LogP contribution in [-0.2, 0) is 0 Å².